The molecule has 1 aliphatic rings. The molecule has 126 valence electrons. The Labute approximate surface area is 142 Å². The first-order chi connectivity index (χ1) is 11.5. The van der Waals surface area contributed by atoms with Gasteiger partial charge in [0.2, 0.25) is 11.8 Å². The fraction of sp³-hybridized carbons (Fsp3) is 0.389. The van der Waals surface area contributed by atoms with Crippen LogP contribution < -0.4 is 0 Å². The summed E-state index contributed by atoms with van der Waals surface area (Å²) in [6, 6.07) is 9.18. The van der Waals surface area contributed by atoms with E-state index in [9.17, 15) is 9.59 Å². The number of nitriles is 1. The van der Waals surface area contributed by atoms with Gasteiger partial charge in [-0.3, -0.25) is 9.59 Å². The SMILES string of the molecule is CN(C)CC(=O)N1CCN(C(=O)/C=C/c2cccc(C#N)c2)CC1. The van der Waals surface area contributed by atoms with E-state index in [0.717, 1.165) is 5.56 Å². The van der Waals surface area contributed by atoms with E-state index in [1.54, 1.807) is 34.1 Å². The Morgan fingerprint density at radius 2 is 1.88 bits per heavy atom. The molecule has 0 spiro atoms. The number of carbonyl (C=O) groups is 2. The molecule has 24 heavy (non-hydrogen) atoms. The molecule has 0 saturated carbocycles. The van der Waals surface area contributed by atoms with E-state index < -0.39 is 0 Å². The van der Waals surface area contributed by atoms with Gasteiger partial charge in [-0.2, -0.15) is 5.26 Å². The van der Waals surface area contributed by atoms with Gasteiger partial charge < -0.3 is 14.7 Å². The monoisotopic (exact) mass is 326 g/mol. The molecule has 0 N–H and O–H groups in total. The molecule has 1 aromatic rings. The first-order valence-corrected chi connectivity index (χ1v) is 7.89. The van der Waals surface area contributed by atoms with E-state index in [4.69, 9.17) is 5.26 Å². The molecule has 2 rings (SSSR count). The van der Waals surface area contributed by atoms with Crippen LogP contribution >= 0.6 is 0 Å². The molecule has 1 aliphatic heterocycles. The minimum absolute atomic E-state index is 0.0722. The number of nitrogens with zero attached hydrogens (tertiary/aromatic N) is 4. The van der Waals surface area contributed by atoms with Crippen LogP contribution in [0.2, 0.25) is 0 Å². The molecule has 0 aromatic heterocycles. The summed E-state index contributed by atoms with van der Waals surface area (Å²) in [5, 5.41) is 8.88. The van der Waals surface area contributed by atoms with E-state index in [-0.39, 0.29) is 11.8 Å². The molecule has 0 radical (unpaired) electrons. The molecule has 1 aromatic carbocycles. The van der Waals surface area contributed by atoms with Crippen LogP contribution in [0.15, 0.2) is 30.3 Å². The van der Waals surface area contributed by atoms with Gasteiger partial charge in [0, 0.05) is 32.3 Å². The lowest BCUT2D eigenvalue weighted by molar-refractivity contribution is -0.137. The summed E-state index contributed by atoms with van der Waals surface area (Å²) in [5.74, 6) is 0.0213. The molecule has 6 nitrogen and oxygen atoms in total. The number of likely N-dealkylation sites (N-methyl/N-ethyl adjacent to an activating group) is 1. The van der Waals surface area contributed by atoms with E-state index >= 15 is 0 Å². The van der Waals surface area contributed by atoms with Gasteiger partial charge in [0.1, 0.15) is 0 Å². The van der Waals surface area contributed by atoms with Crippen LogP contribution in [0, 0.1) is 11.3 Å². The Hall–Kier alpha value is -2.65. The third-order valence-electron chi connectivity index (χ3n) is 3.83. The highest BCUT2D eigenvalue weighted by atomic mass is 16.2. The number of hydrogen-bond donors (Lipinski definition) is 0. The fourth-order valence-electron chi connectivity index (χ4n) is 2.53. The van der Waals surface area contributed by atoms with Gasteiger partial charge in [-0.15, -0.1) is 0 Å². The Morgan fingerprint density at radius 3 is 2.50 bits per heavy atom. The van der Waals surface area contributed by atoms with E-state index in [1.165, 1.54) is 6.08 Å². The minimum Gasteiger partial charge on any atom is -0.338 e. The second-order valence-corrected chi connectivity index (χ2v) is 6.01. The number of rotatable bonds is 4. The van der Waals surface area contributed by atoms with Crippen molar-refractivity contribution in [3.8, 4) is 6.07 Å². The van der Waals surface area contributed by atoms with E-state index in [0.29, 0.717) is 38.3 Å². The summed E-state index contributed by atoms with van der Waals surface area (Å²) in [7, 11) is 3.73. The van der Waals surface area contributed by atoms with Crippen molar-refractivity contribution in [2.75, 3.05) is 46.8 Å². The molecule has 0 unspecified atom stereocenters. The van der Waals surface area contributed by atoms with Crippen molar-refractivity contribution in [2.24, 2.45) is 0 Å². The molecule has 0 aliphatic carbocycles. The zero-order valence-electron chi connectivity index (χ0n) is 14.1. The molecule has 0 bridgehead atoms. The fourth-order valence-corrected chi connectivity index (χ4v) is 2.53. The summed E-state index contributed by atoms with van der Waals surface area (Å²) in [4.78, 5) is 29.6. The number of benzene rings is 1. The minimum atomic E-state index is -0.0722. The maximum Gasteiger partial charge on any atom is 0.246 e. The third kappa shape index (κ3) is 4.93. The summed E-state index contributed by atoms with van der Waals surface area (Å²) in [6.07, 6.45) is 3.24. The van der Waals surface area contributed by atoms with Gasteiger partial charge in [0.05, 0.1) is 18.2 Å². The third-order valence-corrected chi connectivity index (χ3v) is 3.83. The molecule has 2 amide bonds. The summed E-state index contributed by atoms with van der Waals surface area (Å²) >= 11 is 0. The Kier molecular flexibility index (Phi) is 6.10. The van der Waals surface area contributed by atoms with Gasteiger partial charge in [-0.05, 0) is 37.9 Å². The topological polar surface area (TPSA) is 67.7 Å². The number of hydrogen-bond acceptors (Lipinski definition) is 4. The van der Waals surface area contributed by atoms with Crippen molar-refractivity contribution in [1.29, 1.82) is 5.26 Å². The van der Waals surface area contributed by atoms with Crippen LogP contribution in [0.1, 0.15) is 11.1 Å². The molecule has 6 heteroatoms. The maximum absolute atomic E-state index is 12.2. The van der Waals surface area contributed by atoms with Gasteiger partial charge in [0.25, 0.3) is 0 Å². The van der Waals surface area contributed by atoms with Gasteiger partial charge in [0.15, 0.2) is 0 Å². The second kappa shape index (κ2) is 8.27. The maximum atomic E-state index is 12.2. The van der Waals surface area contributed by atoms with E-state index in [2.05, 4.69) is 6.07 Å². The molecule has 0 atom stereocenters. The van der Waals surface area contributed by atoms with Crippen molar-refractivity contribution in [1.82, 2.24) is 14.7 Å². The zero-order valence-corrected chi connectivity index (χ0v) is 14.1. The van der Waals surface area contributed by atoms with Crippen LogP contribution in [0.4, 0.5) is 0 Å². The predicted octanol–water partition coefficient (Wildman–Crippen LogP) is 0.804. The first kappa shape index (κ1) is 17.7. The summed E-state index contributed by atoms with van der Waals surface area (Å²) in [6.45, 7) is 2.61. The van der Waals surface area contributed by atoms with E-state index in [1.807, 2.05) is 25.1 Å². The lowest BCUT2D eigenvalue weighted by Gasteiger charge is -2.34. The number of piperazine rings is 1. The average Bonchev–Trinajstić information content (AvgIpc) is 2.59. The van der Waals surface area contributed by atoms with Crippen LogP contribution in [-0.4, -0.2) is 73.3 Å². The lowest BCUT2D eigenvalue weighted by atomic mass is 10.1. The van der Waals surface area contributed by atoms with Gasteiger partial charge in [-0.25, -0.2) is 0 Å². The molecular formula is C18H22N4O2. The van der Waals surface area contributed by atoms with Crippen molar-refractivity contribution in [3.63, 3.8) is 0 Å². The first-order valence-electron chi connectivity index (χ1n) is 7.89. The van der Waals surface area contributed by atoms with Gasteiger partial charge in [-0.1, -0.05) is 12.1 Å². The molecule has 1 heterocycles. The van der Waals surface area contributed by atoms with Crippen LogP contribution in [0.25, 0.3) is 6.08 Å². The second-order valence-electron chi connectivity index (χ2n) is 6.01. The normalized spacial score (nSPS) is 14.9. The predicted molar refractivity (Wildman–Crippen MR) is 91.9 cm³/mol. The smallest absolute Gasteiger partial charge is 0.246 e. The quantitative estimate of drug-likeness (QED) is 0.768. The number of amides is 2. The van der Waals surface area contributed by atoms with Crippen molar-refractivity contribution in [2.45, 2.75) is 0 Å². The van der Waals surface area contributed by atoms with Crippen LogP contribution in [-0.2, 0) is 9.59 Å². The van der Waals surface area contributed by atoms with Crippen molar-refractivity contribution < 1.29 is 9.59 Å². The van der Waals surface area contributed by atoms with Gasteiger partial charge >= 0.3 is 0 Å². The van der Waals surface area contributed by atoms with Crippen molar-refractivity contribution >= 4 is 17.9 Å². The highest BCUT2D eigenvalue weighted by Crippen LogP contribution is 2.08. The molecular weight excluding hydrogens is 304 g/mol. The average molecular weight is 326 g/mol. The largest absolute Gasteiger partial charge is 0.338 e. The highest BCUT2D eigenvalue weighted by molar-refractivity contribution is 5.92. The Balaban J connectivity index is 1.87. The zero-order chi connectivity index (χ0) is 17.5. The van der Waals surface area contributed by atoms with Crippen LogP contribution in [0.5, 0.6) is 0 Å². The van der Waals surface area contributed by atoms with Crippen molar-refractivity contribution in [3.05, 3.63) is 41.5 Å². The molecule has 1 fully saturated rings. The lowest BCUT2D eigenvalue weighted by Crippen LogP contribution is -2.51. The number of carbonyl (C=O) groups excluding carboxylic acids is 2. The summed E-state index contributed by atoms with van der Waals surface area (Å²) in [5.41, 5.74) is 1.39. The molecule has 1 saturated heterocycles. The Bertz CT molecular complexity index is 668. The standard InChI is InChI=1S/C18H22N4O2/c1-20(2)14-18(24)22-10-8-21(9-11-22)17(23)7-6-15-4-3-5-16(12-15)13-19/h3-7,12H,8-11,14H2,1-2H3/b7-6+. The summed E-state index contributed by atoms with van der Waals surface area (Å²) < 4.78 is 0. The highest BCUT2D eigenvalue weighted by Gasteiger charge is 2.23. The Morgan fingerprint density at radius 1 is 1.21 bits per heavy atom. The van der Waals surface area contributed by atoms with Crippen LogP contribution in [0.3, 0.4) is 0 Å².